The number of hydrogen-bond acceptors (Lipinski definition) is 6. The second-order valence-corrected chi connectivity index (χ2v) is 12.4. The molecule has 7 heteroatoms. The molecule has 3 heterocycles. The Kier molecular flexibility index (Phi) is 8.66. The summed E-state index contributed by atoms with van der Waals surface area (Å²) < 4.78 is 25.2. The summed E-state index contributed by atoms with van der Waals surface area (Å²) in [5.41, 5.74) is 8.18. The van der Waals surface area contributed by atoms with Gasteiger partial charge in [-0.3, -0.25) is 4.90 Å². The molecule has 0 spiro atoms. The summed E-state index contributed by atoms with van der Waals surface area (Å²) >= 11 is 0. The second-order valence-electron chi connectivity index (χ2n) is 12.4. The first kappa shape index (κ1) is 29.9. The van der Waals surface area contributed by atoms with Crippen molar-refractivity contribution in [3.8, 4) is 45.6 Å². The zero-order valence-corrected chi connectivity index (χ0v) is 26.9. The topological polar surface area (TPSA) is 58.0 Å². The molecule has 46 heavy (non-hydrogen) atoms. The van der Waals surface area contributed by atoms with Gasteiger partial charge in [0.15, 0.2) is 23.0 Å². The summed E-state index contributed by atoms with van der Waals surface area (Å²) in [6.45, 7) is 10.3. The van der Waals surface area contributed by atoms with E-state index in [1.807, 2.05) is 12.1 Å². The van der Waals surface area contributed by atoms with Gasteiger partial charge in [0.1, 0.15) is 5.82 Å². The maximum absolute atomic E-state index is 5.75. The minimum Gasteiger partial charge on any atom is -0.454 e. The van der Waals surface area contributed by atoms with Crippen LogP contribution in [0.25, 0.3) is 22.6 Å². The van der Waals surface area contributed by atoms with E-state index in [2.05, 4.69) is 109 Å². The number of nitrogens with zero attached hydrogens (tertiary/aromatic N) is 3. The normalized spacial score (nSPS) is 13.2. The first-order valence-electron chi connectivity index (χ1n) is 16.3. The Hall–Kier alpha value is -4.75. The van der Waals surface area contributed by atoms with Crippen LogP contribution in [-0.4, -0.2) is 28.0 Å². The van der Waals surface area contributed by atoms with Crippen LogP contribution in [0, 0.1) is 0 Å². The molecule has 0 saturated carbocycles. The number of benzene rings is 4. The predicted octanol–water partition coefficient (Wildman–Crippen LogP) is 8.80. The van der Waals surface area contributed by atoms with Crippen molar-refractivity contribution in [3.63, 3.8) is 0 Å². The van der Waals surface area contributed by atoms with E-state index in [0.29, 0.717) is 12.5 Å². The zero-order valence-electron chi connectivity index (χ0n) is 26.9. The highest BCUT2D eigenvalue weighted by atomic mass is 16.7. The molecule has 0 N–H and O–H groups in total. The molecule has 7 rings (SSSR count). The van der Waals surface area contributed by atoms with Gasteiger partial charge < -0.3 is 23.5 Å². The van der Waals surface area contributed by atoms with Crippen LogP contribution in [0.2, 0.25) is 0 Å². The summed E-state index contributed by atoms with van der Waals surface area (Å²) in [5, 5.41) is 0. The third-order valence-corrected chi connectivity index (χ3v) is 8.73. The smallest absolute Gasteiger partial charge is 0.231 e. The molecular weight excluding hydrogens is 574 g/mol. The Labute approximate surface area is 271 Å². The molecule has 0 aliphatic carbocycles. The molecule has 0 saturated heterocycles. The van der Waals surface area contributed by atoms with Gasteiger partial charge >= 0.3 is 0 Å². The maximum Gasteiger partial charge on any atom is 0.231 e. The van der Waals surface area contributed by atoms with Gasteiger partial charge in [-0.15, -0.1) is 0 Å². The van der Waals surface area contributed by atoms with Crippen LogP contribution in [0.4, 0.5) is 0 Å². The molecule has 7 nitrogen and oxygen atoms in total. The van der Waals surface area contributed by atoms with Crippen LogP contribution in [0.5, 0.6) is 23.0 Å². The summed E-state index contributed by atoms with van der Waals surface area (Å²) in [7, 11) is 0. The molecule has 0 atom stereocenters. The molecule has 2 aliphatic heterocycles. The number of rotatable bonds is 12. The van der Waals surface area contributed by atoms with Gasteiger partial charge in [0.25, 0.3) is 0 Å². The van der Waals surface area contributed by atoms with Crippen molar-refractivity contribution in [1.29, 1.82) is 0 Å². The van der Waals surface area contributed by atoms with Crippen molar-refractivity contribution in [2.75, 3.05) is 13.6 Å². The number of aromatic nitrogens is 2. The van der Waals surface area contributed by atoms with Crippen molar-refractivity contribution in [2.24, 2.45) is 0 Å². The Balaban J connectivity index is 1.33. The summed E-state index contributed by atoms with van der Waals surface area (Å²) in [4.78, 5) is 7.91. The van der Waals surface area contributed by atoms with E-state index in [-0.39, 0.29) is 13.6 Å². The van der Waals surface area contributed by atoms with Crippen molar-refractivity contribution in [2.45, 2.75) is 65.7 Å². The lowest BCUT2D eigenvalue weighted by Gasteiger charge is -2.25. The van der Waals surface area contributed by atoms with E-state index in [1.165, 1.54) is 11.3 Å². The van der Waals surface area contributed by atoms with Gasteiger partial charge in [-0.2, -0.15) is 0 Å². The molecule has 0 unspecified atom stereocenters. The highest BCUT2D eigenvalue weighted by molar-refractivity contribution is 5.69. The van der Waals surface area contributed by atoms with E-state index in [1.54, 1.807) is 0 Å². The van der Waals surface area contributed by atoms with Crippen LogP contribution in [0.3, 0.4) is 0 Å². The Morgan fingerprint density at radius 2 is 1.33 bits per heavy atom. The van der Waals surface area contributed by atoms with Gasteiger partial charge in [0.05, 0.1) is 11.4 Å². The number of unbranched alkanes of at least 4 members (excludes halogenated alkanes) is 1. The molecule has 2 aliphatic rings. The molecule has 5 aromatic rings. The Bertz CT molecular complexity index is 1750. The SMILES string of the molecule is CCCCn1c(-c2ccccc2)nc(-c2cccc(C(C)C)c2)c1CN(Cc1ccc2c(c1)OCO2)Cc1ccc2c(c1)OCO2. The summed E-state index contributed by atoms with van der Waals surface area (Å²) in [5.74, 6) is 4.62. The van der Waals surface area contributed by atoms with E-state index >= 15 is 0 Å². The molecule has 0 fully saturated rings. The zero-order chi connectivity index (χ0) is 31.5. The average Bonchev–Trinajstić information content (AvgIpc) is 3.83. The van der Waals surface area contributed by atoms with Gasteiger partial charge in [-0.1, -0.05) is 87.9 Å². The fourth-order valence-corrected chi connectivity index (χ4v) is 6.26. The number of ether oxygens (including phenoxy) is 4. The predicted molar refractivity (Wildman–Crippen MR) is 180 cm³/mol. The van der Waals surface area contributed by atoms with Crippen molar-refractivity contribution < 1.29 is 18.9 Å². The Morgan fingerprint density at radius 1 is 0.696 bits per heavy atom. The van der Waals surface area contributed by atoms with E-state index < -0.39 is 0 Å². The van der Waals surface area contributed by atoms with E-state index in [4.69, 9.17) is 23.9 Å². The van der Waals surface area contributed by atoms with Gasteiger partial charge in [0, 0.05) is 37.3 Å². The van der Waals surface area contributed by atoms with E-state index in [0.717, 1.165) is 89.2 Å². The van der Waals surface area contributed by atoms with Gasteiger partial charge in [-0.25, -0.2) is 4.98 Å². The fourth-order valence-electron chi connectivity index (χ4n) is 6.26. The second kappa shape index (κ2) is 13.3. The molecule has 0 radical (unpaired) electrons. The molecule has 236 valence electrons. The highest BCUT2D eigenvalue weighted by Gasteiger charge is 2.24. The monoisotopic (exact) mass is 615 g/mol. The molecule has 0 amide bonds. The largest absolute Gasteiger partial charge is 0.454 e. The molecule has 0 bridgehead atoms. The third-order valence-electron chi connectivity index (χ3n) is 8.73. The lowest BCUT2D eigenvalue weighted by molar-refractivity contribution is 0.173. The number of imidazole rings is 1. The van der Waals surface area contributed by atoms with Crippen LogP contribution in [0.15, 0.2) is 91.0 Å². The minimum absolute atomic E-state index is 0.261. The lowest BCUT2D eigenvalue weighted by Crippen LogP contribution is -2.24. The molecule has 4 aromatic carbocycles. The van der Waals surface area contributed by atoms with Crippen molar-refractivity contribution >= 4 is 0 Å². The standard InChI is InChI=1S/C39H41N3O4/c1-4-5-18-42-33(38(32-13-9-12-31(21-32)27(2)3)40-39(42)30-10-7-6-8-11-30)24-41(22-28-14-16-34-36(19-28)45-25-43-34)23-29-15-17-35-37(20-29)46-26-44-35/h6-17,19-21,27H,4-5,18,22-26H2,1-3H3. The summed E-state index contributed by atoms with van der Waals surface area (Å²) in [6, 6.07) is 32.0. The van der Waals surface area contributed by atoms with Crippen LogP contribution in [0.1, 0.15) is 61.9 Å². The van der Waals surface area contributed by atoms with Crippen LogP contribution < -0.4 is 18.9 Å². The highest BCUT2D eigenvalue weighted by Crippen LogP contribution is 2.37. The van der Waals surface area contributed by atoms with E-state index in [9.17, 15) is 0 Å². The Morgan fingerprint density at radius 3 is 1.96 bits per heavy atom. The molecule has 1 aromatic heterocycles. The minimum atomic E-state index is 0.261. The fraction of sp³-hybridized carbons (Fsp3) is 0.308. The lowest BCUT2D eigenvalue weighted by atomic mass is 9.99. The number of fused-ring (bicyclic) bond motifs is 2. The van der Waals surface area contributed by atoms with Crippen LogP contribution >= 0.6 is 0 Å². The summed E-state index contributed by atoms with van der Waals surface area (Å²) in [6.07, 6.45) is 2.17. The van der Waals surface area contributed by atoms with Crippen LogP contribution in [-0.2, 0) is 26.2 Å². The number of hydrogen-bond donors (Lipinski definition) is 0. The van der Waals surface area contributed by atoms with Crippen molar-refractivity contribution in [1.82, 2.24) is 14.5 Å². The maximum atomic E-state index is 5.75. The quantitative estimate of drug-likeness (QED) is 0.140. The van der Waals surface area contributed by atoms with Gasteiger partial charge in [0.2, 0.25) is 13.6 Å². The third kappa shape index (κ3) is 6.33. The van der Waals surface area contributed by atoms with Gasteiger partial charge in [-0.05, 0) is 59.4 Å². The first-order chi connectivity index (χ1) is 22.6. The van der Waals surface area contributed by atoms with Crippen molar-refractivity contribution in [3.05, 3.63) is 113 Å². The average molecular weight is 616 g/mol. The molecular formula is C39H41N3O4. The first-order valence-corrected chi connectivity index (χ1v) is 16.3.